The predicted molar refractivity (Wildman–Crippen MR) is 122 cm³/mol. The first-order valence-electron chi connectivity index (χ1n) is 10.1. The minimum atomic E-state index is -1.69. The topological polar surface area (TPSA) is 85.7 Å². The van der Waals surface area contributed by atoms with Gasteiger partial charge in [0.2, 0.25) is 3.79 Å². The SMILES string of the molecule is CC(C)(C)C(=O)ON1CCC(n2nc(C(C)(C)C)cc2NC(=O)OCC(Cl)(Cl)Cl)CC1. The van der Waals surface area contributed by atoms with E-state index in [-0.39, 0.29) is 24.0 Å². The van der Waals surface area contributed by atoms with Crippen molar-refractivity contribution < 1.29 is 19.2 Å². The van der Waals surface area contributed by atoms with Gasteiger partial charge < -0.3 is 9.57 Å². The molecular formula is C20H31Cl3N4O4. The van der Waals surface area contributed by atoms with Gasteiger partial charge in [-0.1, -0.05) is 55.6 Å². The number of rotatable bonds is 4. The largest absolute Gasteiger partial charge is 0.445 e. The summed E-state index contributed by atoms with van der Waals surface area (Å²) in [5.41, 5.74) is 0.0437. The van der Waals surface area contributed by atoms with Gasteiger partial charge in [0.15, 0.2) is 0 Å². The van der Waals surface area contributed by atoms with Crippen LogP contribution in [0.3, 0.4) is 0 Å². The molecule has 2 rings (SSSR count). The Hall–Kier alpha value is -1.22. The summed E-state index contributed by atoms with van der Waals surface area (Å²) in [4.78, 5) is 29.8. The molecule has 0 radical (unpaired) electrons. The number of amides is 1. The molecule has 1 aliphatic rings. The van der Waals surface area contributed by atoms with Gasteiger partial charge in [-0.2, -0.15) is 5.10 Å². The molecule has 0 aliphatic carbocycles. The van der Waals surface area contributed by atoms with Crippen LogP contribution in [0.1, 0.15) is 66.1 Å². The third kappa shape index (κ3) is 8.00. The number of ether oxygens (including phenoxy) is 1. The van der Waals surface area contributed by atoms with E-state index in [4.69, 9.17) is 49.5 Å². The number of carbonyl (C=O) groups is 2. The average Bonchev–Trinajstić information content (AvgIpc) is 3.03. The van der Waals surface area contributed by atoms with E-state index < -0.39 is 15.3 Å². The van der Waals surface area contributed by atoms with E-state index in [9.17, 15) is 9.59 Å². The van der Waals surface area contributed by atoms with E-state index in [2.05, 4.69) is 5.32 Å². The molecule has 1 fully saturated rings. The van der Waals surface area contributed by atoms with Crippen molar-refractivity contribution in [2.75, 3.05) is 25.0 Å². The van der Waals surface area contributed by atoms with Crippen LogP contribution in [0.15, 0.2) is 6.07 Å². The van der Waals surface area contributed by atoms with Crippen LogP contribution in [-0.2, 0) is 19.8 Å². The molecule has 0 bridgehead atoms. The number of hydrogen-bond acceptors (Lipinski definition) is 6. The molecule has 0 aromatic carbocycles. The van der Waals surface area contributed by atoms with Crippen molar-refractivity contribution in [3.8, 4) is 0 Å². The van der Waals surface area contributed by atoms with Crippen LogP contribution in [0.2, 0.25) is 0 Å². The van der Waals surface area contributed by atoms with E-state index in [0.717, 1.165) is 5.69 Å². The van der Waals surface area contributed by atoms with Crippen LogP contribution in [0, 0.1) is 5.41 Å². The van der Waals surface area contributed by atoms with Crippen LogP contribution in [-0.4, -0.2) is 50.4 Å². The lowest BCUT2D eigenvalue weighted by Crippen LogP contribution is -2.39. The Balaban J connectivity index is 2.10. The van der Waals surface area contributed by atoms with E-state index in [1.165, 1.54) is 0 Å². The highest BCUT2D eigenvalue weighted by Gasteiger charge is 2.31. The highest BCUT2D eigenvalue weighted by atomic mass is 35.6. The molecule has 1 amide bonds. The summed E-state index contributed by atoms with van der Waals surface area (Å²) in [6.45, 7) is 12.3. The average molecular weight is 498 g/mol. The van der Waals surface area contributed by atoms with Gasteiger partial charge in [0.1, 0.15) is 12.4 Å². The minimum Gasteiger partial charge on any atom is -0.445 e. The maximum Gasteiger partial charge on any atom is 0.412 e. The molecule has 1 saturated heterocycles. The lowest BCUT2D eigenvalue weighted by molar-refractivity contribution is -0.205. The van der Waals surface area contributed by atoms with Crippen LogP contribution in [0.5, 0.6) is 0 Å². The molecule has 1 N–H and O–H groups in total. The van der Waals surface area contributed by atoms with Crippen LogP contribution in [0.4, 0.5) is 10.6 Å². The maximum absolute atomic E-state index is 12.2. The summed E-state index contributed by atoms with van der Waals surface area (Å²) in [6.07, 6.45) is 0.658. The number of aromatic nitrogens is 2. The Labute approximate surface area is 198 Å². The van der Waals surface area contributed by atoms with Crippen molar-refractivity contribution in [2.24, 2.45) is 5.41 Å². The van der Waals surface area contributed by atoms with Crippen LogP contribution < -0.4 is 5.32 Å². The summed E-state index contributed by atoms with van der Waals surface area (Å²) in [5.74, 6) is 0.239. The minimum absolute atomic E-state index is 0.0177. The lowest BCUT2D eigenvalue weighted by Gasteiger charge is -2.32. The van der Waals surface area contributed by atoms with Gasteiger partial charge in [-0.05, 0) is 33.6 Å². The molecule has 176 valence electrons. The molecule has 31 heavy (non-hydrogen) atoms. The van der Waals surface area contributed by atoms with Gasteiger partial charge in [-0.3, -0.25) is 5.32 Å². The van der Waals surface area contributed by atoms with E-state index in [1.807, 2.05) is 47.6 Å². The van der Waals surface area contributed by atoms with Crippen molar-refractivity contribution in [1.29, 1.82) is 0 Å². The number of anilines is 1. The molecule has 0 unspecified atom stereocenters. The number of piperidine rings is 1. The molecule has 8 nitrogen and oxygen atoms in total. The first-order chi connectivity index (χ1) is 14.1. The Morgan fingerprint density at radius 3 is 2.19 bits per heavy atom. The number of halogens is 3. The second-order valence-corrected chi connectivity index (χ2v) is 12.2. The van der Waals surface area contributed by atoms with Crippen molar-refractivity contribution in [3.05, 3.63) is 11.8 Å². The number of nitrogens with one attached hydrogen (secondary N) is 1. The Kier molecular flexibility index (Phi) is 8.17. The monoisotopic (exact) mass is 496 g/mol. The third-order valence-electron chi connectivity index (χ3n) is 4.69. The summed E-state index contributed by atoms with van der Waals surface area (Å²) in [6, 6.07) is 1.84. The lowest BCUT2D eigenvalue weighted by atomic mass is 9.92. The van der Waals surface area contributed by atoms with Gasteiger partial charge in [0, 0.05) is 24.6 Å². The zero-order valence-corrected chi connectivity index (χ0v) is 21.1. The van der Waals surface area contributed by atoms with Gasteiger partial charge in [-0.15, -0.1) is 5.06 Å². The molecule has 0 saturated carbocycles. The summed E-state index contributed by atoms with van der Waals surface area (Å²) in [7, 11) is 0. The number of hydroxylamine groups is 2. The van der Waals surface area contributed by atoms with E-state index >= 15 is 0 Å². The van der Waals surface area contributed by atoms with Crippen LogP contribution >= 0.6 is 34.8 Å². The molecule has 1 aliphatic heterocycles. The zero-order chi connectivity index (χ0) is 23.6. The van der Waals surface area contributed by atoms with Crippen LogP contribution in [0.25, 0.3) is 0 Å². The zero-order valence-electron chi connectivity index (χ0n) is 18.8. The molecule has 1 aromatic rings. The van der Waals surface area contributed by atoms with Crippen molar-refractivity contribution in [1.82, 2.24) is 14.8 Å². The summed E-state index contributed by atoms with van der Waals surface area (Å²) >= 11 is 16.9. The van der Waals surface area contributed by atoms with Gasteiger partial charge in [0.25, 0.3) is 0 Å². The number of hydrogen-bond donors (Lipinski definition) is 1. The molecule has 2 heterocycles. The highest BCUT2D eigenvalue weighted by Crippen LogP contribution is 2.31. The Bertz CT molecular complexity index is 786. The van der Waals surface area contributed by atoms with E-state index in [0.29, 0.717) is 31.7 Å². The highest BCUT2D eigenvalue weighted by molar-refractivity contribution is 6.67. The quantitative estimate of drug-likeness (QED) is 0.573. The third-order valence-corrected chi connectivity index (χ3v) is 5.02. The Morgan fingerprint density at radius 2 is 1.71 bits per heavy atom. The second-order valence-electron chi connectivity index (χ2n) is 9.71. The first kappa shape index (κ1) is 26.0. The smallest absolute Gasteiger partial charge is 0.412 e. The summed E-state index contributed by atoms with van der Waals surface area (Å²) < 4.78 is 5.09. The molecule has 11 heteroatoms. The number of alkyl halides is 3. The Morgan fingerprint density at radius 1 is 1.13 bits per heavy atom. The van der Waals surface area contributed by atoms with Crippen molar-refractivity contribution >= 4 is 52.7 Å². The standard InChI is InChI=1S/C20H31Cl3N4O4/c1-18(2,3)14-11-15(24-17(29)30-12-20(21,22)23)27(25-14)13-7-9-26(10-8-13)31-16(28)19(4,5)6/h11,13H,7-10,12H2,1-6H3,(H,24,29). The van der Waals surface area contributed by atoms with Gasteiger partial charge in [0.05, 0.1) is 17.2 Å². The molecule has 0 atom stereocenters. The van der Waals surface area contributed by atoms with Crippen molar-refractivity contribution in [2.45, 2.75) is 69.6 Å². The fraction of sp³-hybridized carbons (Fsp3) is 0.750. The maximum atomic E-state index is 12.2. The normalized spacial score (nSPS) is 16.8. The van der Waals surface area contributed by atoms with Gasteiger partial charge >= 0.3 is 12.1 Å². The predicted octanol–water partition coefficient (Wildman–Crippen LogP) is 5.24. The van der Waals surface area contributed by atoms with Gasteiger partial charge in [-0.25, -0.2) is 14.3 Å². The molecule has 0 spiro atoms. The fourth-order valence-corrected chi connectivity index (χ4v) is 3.02. The second kappa shape index (κ2) is 9.73. The van der Waals surface area contributed by atoms with Crippen molar-refractivity contribution in [3.63, 3.8) is 0 Å². The molecule has 1 aromatic heterocycles. The fourth-order valence-electron chi connectivity index (χ4n) is 2.85. The number of carbonyl (C=O) groups excluding carboxylic acids is 2. The summed E-state index contributed by atoms with van der Waals surface area (Å²) in [5, 5.41) is 9.12. The van der Waals surface area contributed by atoms with E-state index in [1.54, 1.807) is 9.75 Å². The number of nitrogens with zero attached hydrogens (tertiary/aromatic N) is 3. The first-order valence-corrected chi connectivity index (χ1v) is 11.3. The molecular weight excluding hydrogens is 467 g/mol.